The average molecular weight is 350 g/mol. The number of carbonyl (C=O) groups excluding carboxylic acids is 1. The molecule has 1 aromatic carbocycles. The Morgan fingerprint density at radius 2 is 2.05 bits per heavy atom. The summed E-state index contributed by atoms with van der Waals surface area (Å²) in [7, 11) is 1.41. The lowest BCUT2D eigenvalue weighted by Gasteiger charge is -2.14. The lowest BCUT2D eigenvalue weighted by molar-refractivity contribution is -0.118. The van der Waals surface area contributed by atoms with E-state index in [1.165, 1.54) is 13.2 Å². The van der Waals surface area contributed by atoms with Gasteiger partial charge >= 0.3 is 0 Å². The summed E-state index contributed by atoms with van der Waals surface area (Å²) in [4.78, 5) is 11.7. The normalized spacial score (nSPS) is 11.6. The minimum absolute atomic E-state index is 0. The van der Waals surface area contributed by atoms with Gasteiger partial charge in [0.05, 0.1) is 21.7 Å². The Bertz CT molecular complexity index is 444. The average Bonchev–Trinajstić information content (AvgIpc) is 2.32. The number of halogens is 4. The van der Waals surface area contributed by atoms with E-state index >= 15 is 0 Å². The molecule has 5 nitrogen and oxygen atoms in total. The largest absolute Gasteiger partial charge is 0.504 e. The maximum Gasteiger partial charge on any atom is 0.243 e. The Kier molecular flexibility index (Phi) is 7.81. The van der Waals surface area contributed by atoms with Crippen molar-refractivity contribution in [2.24, 2.45) is 5.73 Å². The van der Waals surface area contributed by atoms with E-state index in [-0.39, 0.29) is 45.5 Å². The number of phenols is 1. The van der Waals surface area contributed by atoms with Gasteiger partial charge in [0.1, 0.15) is 11.7 Å². The second-order valence-corrected chi connectivity index (χ2v) is 4.62. The van der Waals surface area contributed by atoms with E-state index in [0.29, 0.717) is 0 Å². The Morgan fingerprint density at radius 1 is 1.47 bits per heavy atom. The number of amides is 1. The summed E-state index contributed by atoms with van der Waals surface area (Å²) >= 11 is 17.4. The number of hydrogen-bond acceptors (Lipinski definition) is 4. The zero-order chi connectivity index (χ0) is 13.9. The number of aromatic hydroxyl groups is 1. The fourth-order valence-corrected chi connectivity index (χ4v) is 1.83. The molecule has 1 rings (SSSR count). The highest BCUT2D eigenvalue weighted by atomic mass is 35.5. The molecule has 0 aromatic heterocycles. The maximum absolute atomic E-state index is 11.7. The van der Waals surface area contributed by atoms with Gasteiger partial charge in [0.2, 0.25) is 5.91 Å². The first kappa shape index (κ1) is 18.6. The fraction of sp³-hybridized carbons (Fsp3) is 0.300. The van der Waals surface area contributed by atoms with Crippen LogP contribution in [-0.4, -0.2) is 30.8 Å². The third kappa shape index (κ3) is 4.56. The smallest absolute Gasteiger partial charge is 0.243 e. The maximum atomic E-state index is 11.7. The van der Waals surface area contributed by atoms with E-state index in [1.807, 2.05) is 0 Å². The monoisotopic (exact) mass is 348 g/mol. The van der Waals surface area contributed by atoms with Gasteiger partial charge in [-0.2, -0.15) is 0 Å². The number of rotatable bonds is 4. The molecule has 0 aliphatic rings. The van der Waals surface area contributed by atoms with Crippen molar-refractivity contribution in [3.8, 4) is 5.75 Å². The summed E-state index contributed by atoms with van der Waals surface area (Å²) in [5.74, 6) is -0.948. The molecule has 4 N–H and O–H groups in total. The number of anilines is 1. The number of phenolic OH excluding ortho intramolecular Hbond substituents is 1. The van der Waals surface area contributed by atoms with E-state index in [4.69, 9.17) is 45.3 Å². The van der Waals surface area contributed by atoms with Crippen molar-refractivity contribution >= 4 is 58.8 Å². The Morgan fingerprint density at radius 3 is 2.58 bits per heavy atom. The highest BCUT2D eigenvalue weighted by molar-refractivity contribution is 6.46. The van der Waals surface area contributed by atoms with E-state index < -0.39 is 11.9 Å². The highest BCUT2D eigenvalue weighted by Gasteiger charge is 2.20. The predicted molar refractivity (Wildman–Crippen MR) is 78.9 cm³/mol. The van der Waals surface area contributed by atoms with Gasteiger partial charge < -0.3 is 20.9 Å². The van der Waals surface area contributed by atoms with E-state index in [0.717, 1.165) is 0 Å². The third-order valence-corrected chi connectivity index (χ3v) is 3.15. The molecule has 108 valence electrons. The van der Waals surface area contributed by atoms with Gasteiger partial charge in [0.15, 0.2) is 5.75 Å². The molecule has 0 heterocycles. The molecule has 9 heteroatoms. The molecule has 1 aromatic rings. The third-order valence-electron chi connectivity index (χ3n) is 2.08. The lowest BCUT2D eigenvalue weighted by Crippen LogP contribution is -2.39. The van der Waals surface area contributed by atoms with Crippen molar-refractivity contribution in [3.05, 3.63) is 21.1 Å². The molecule has 19 heavy (non-hydrogen) atoms. The van der Waals surface area contributed by atoms with Gasteiger partial charge in [0.25, 0.3) is 0 Å². The number of carbonyl (C=O) groups is 1. The van der Waals surface area contributed by atoms with Crippen molar-refractivity contribution in [2.75, 3.05) is 19.0 Å². The Hall–Kier alpha value is -0.430. The number of ether oxygens (including phenoxy) is 1. The molecule has 1 atom stereocenters. The molecule has 0 saturated carbocycles. The van der Waals surface area contributed by atoms with Crippen molar-refractivity contribution in [1.29, 1.82) is 0 Å². The Labute approximate surface area is 131 Å². The van der Waals surface area contributed by atoms with Crippen LogP contribution in [0.5, 0.6) is 5.75 Å². The lowest BCUT2D eigenvalue weighted by atomic mass is 10.2. The summed E-state index contributed by atoms with van der Waals surface area (Å²) in [6, 6.07) is 0.370. The number of nitrogens with two attached hydrogens (primary N) is 1. The number of nitrogens with one attached hydrogen (secondary N) is 1. The van der Waals surface area contributed by atoms with Crippen molar-refractivity contribution in [2.45, 2.75) is 6.04 Å². The summed E-state index contributed by atoms with van der Waals surface area (Å²) in [6.45, 7) is 0.0263. The predicted octanol–water partition coefficient (Wildman–Crippen LogP) is 2.69. The van der Waals surface area contributed by atoms with Crippen LogP contribution in [0.2, 0.25) is 15.1 Å². The van der Waals surface area contributed by atoms with E-state index in [1.54, 1.807) is 0 Å². The minimum Gasteiger partial charge on any atom is -0.504 e. The van der Waals surface area contributed by atoms with Crippen LogP contribution >= 0.6 is 47.2 Å². The molecule has 0 fully saturated rings. The molecule has 0 spiro atoms. The summed E-state index contributed by atoms with van der Waals surface area (Å²) in [5.41, 5.74) is 5.45. The first-order valence-electron chi connectivity index (χ1n) is 4.80. The zero-order valence-corrected chi connectivity index (χ0v) is 12.8. The number of hydrogen-bond donors (Lipinski definition) is 3. The summed E-state index contributed by atoms with van der Waals surface area (Å²) < 4.78 is 4.74. The van der Waals surface area contributed by atoms with Crippen LogP contribution in [0.4, 0.5) is 5.69 Å². The molecule has 0 saturated heterocycles. The van der Waals surface area contributed by atoms with Crippen LogP contribution in [0.3, 0.4) is 0 Å². The first-order chi connectivity index (χ1) is 8.38. The van der Waals surface area contributed by atoms with Crippen molar-refractivity contribution in [3.63, 3.8) is 0 Å². The fourth-order valence-electron chi connectivity index (χ4n) is 1.17. The zero-order valence-electron chi connectivity index (χ0n) is 9.75. The van der Waals surface area contributed by atoms with E-state index in [2.05, 4.69) is 5.32 Å². The van der Waals surface area contributed by atoms with Crippen LogP contribution in [0, 0.1) is 0 Å². The van der Waals surface area contributed by atoms with E-state index in [9.17, 15) is 9.90 Å². The minimum atomic E-state index is -0.900. The molecule has 0 bridgehead atoms. The first-order valence-corrected chi connectivity index (χ1v) is 5.93. The molecular formula is C10H12Cl4N2O3. The van der Waals surface area contributed by atoms with Crippen molar-refractivity contribution < 1.29 is 14.6 Å². The second kappa shape index (κ2) is 7.99. The Balaban J connectivity index is 0.00000324. The van der Waals surface area contributed by atoms with Crippen molar-refractivity contribution in [1.82, 2.24) is 0 Å². The van der Waals surface area contributed by atoms with Gasteiger partial charge in [-0.05, 0) is 6.07 Å². The molecule has 0 aliphatic carbocycles. The van der Waals surface area contributed by atoms with Crippen LogP contribution < -0.4 is 11.1 Å². The van der Waals surface area contributed by atoms with Gasteiger partial charge in [-0.15, -0.1) is 12.4 Å². The van der Waals surface area contributed by atoms with Crippen LogP contribution in [0.25, 0.3) is 0 Å². The number of methoxy groups -OCH3 is 1. The van der Waals surface area contributed by atoms with Gasteiger partial charge in [-0.1, -0.05) is 34.8 Å². The quantitative estimate of drug-likeness (QED) is 0.576. The number of benzene rings is 1. The van der Waals surface area contributed by atoms with Crippen LogP contribution in [0.1, 0.15) is 0 Å². The topological polar surface area (TPSA) is 84.6 Å². The van der Waals surface area contributed by atoms with Gasteiger partial charge in [0, 0.05) is 7.11 Å². The molecule has 1 amide bonds. The SMILES string of the molecule is COCC(N)C(=O)Nc1c(O)c(Cl)cc(Cl)c1Cl.Cl. The molecule has 1 unspecified atom stereocenters. The standard InChI is InChI=1S/C10H11Cl3N2O3.ClH/c1-18-3-6(14)10(17)15-8-7(13)4(11)2-5(12)9(8)16;/h2,6,16H,3,14H2,1H3,(H,15,17);1H. The molecule has 0 aliphatic heterocycles. The highest BCUT2D eigenvalue weighted by Crippen LogP contribution is 2.42. The van der Waals surface area contributed by atoms with Crippen LogP contribution in [-0.2, 0) is 9.53 Å². The van der Waals surface area contributed by atoms with Crippen LogP contribution in [0.15, 0.2) is 6.07 Å². The molecule has 0 radical (unpaired) electrons. The molecular weight excluding hydrogens is 338 g/mol. The van der Waals surface area contributed by atoms with Gasteiger partial charge in [-0.3, -0.25) is 4.79 Å². The summed E-state index contributed by atoms with van der Waals surface area (Å²) in [5, 5.41) is 12.1. The van der Waals surface area contributed by atoms with Gasteiger partial charge in [-0.25, -0.2) is 0 Å². The second-order valence-electron chi connectivity index (χ2n) is 3.43. The summed E-state index contributed by atoms with van der Waals surface area (Å²) in [6.07, 6.45) is 0.